The van der Waals surface area contributed by atoms with Crippen molar-refractivity contribution in [1.82, 2.24) is 20.0 Å². The van der Waals surface area contributed by atoms with Gasteiger partial charge < -0.3 is 5.11 Å². The average molecular weight is 470 g/mol. The van der Waals surface area contributed by atoms with E-state index in [9.17, 15) is 9.90 Å². The van der Waals surface area contributed by atoms with Crippen molar-refractivity contribution >= 4 is 34.8 Å². The quantitative estimate of drug-likeness (QED) is 0.514. The maximum Gasteiger partial charge on any atom is 0.286 e. The van der Waals surface area contributed by atoms with Crippen LogP contribution in [0.2, 0.25) is 10.0 Å². The van der Waals surface area contributed by atoms with E-state index < -0.39 is 6.61 Å². The van der Waals surface area contributed by atoms with Gasteiger partial charge in [0.2, 0.25) is 0 Å². The van der Waals surface area contributed by atoms with E-state index in [1.165, 1.54) is 0 Å². The minimum Gasteiger partial charge on any atom is -0.390 e. The van der Waals surface area contributed by atoms with Gasteiger partial charge in [-0.25, -0.2) is 14.8 Å². The Morgan fingerprint density at radius 3 is 2.47 bits per heavy atom. The smallest absolute Gasteiger partial charge is 0.286 e. The molecule has 0 saturated carbocycles. The van der Waals surface area contributed by atoms with Gasteiger partial charge in [0.05, 0.1) is 23.9 Å². The first-order chi connectivity index (χ1) is 15.5. The van der Waals surface area contributed by atoms with Crippen molar-refractivity contribution in [1.29, 1.82) is 0 Å². The van der Waals surface area contributed by atoms with Crippen LogP contribution >= 0.6 is 23.2 Å². The third-order valence-corrected chi connectivity index (χ3v) is 5.91. The predicted octanol–water partition coefficient (Wildman–Crippen LogP) is 5.02. The van der Waals surface area contributed by atoms with Crippen LogP contribution in [-0.2, 0) is 6.61 Å². The molecule has 1 saturated heterocycles. The number of amides is 1. The molecule has 7 nitrogen and oxygen atoms in total. The van der Waals surface area contributed by atoms with Gasteiger partial charge in [-0.1, -0.05) is 41.8 Å². The minimum atomic E-state index is -0.411. The highest BCUT2D eigenvalue weighted by Crippen LogP contribution is 2.34. The summed E-state index contributed by atoms with van der Waals surface area (Å²) in [5, 5.41) is 13.0. The molecule has 1 aliphatic rings. The van der Waals surface area contributed by atoms with E-state index in [1.807, 2.05) is 5.01 Å². The fraction of sp³-hybridized carbons (Fsp3) is 0.261. The lowest BCUT2D eigenvalue weighted by Crippen LogP contribution is -2.45. The summed E-state index contributed by atoms with van der Waals surface area (Å²) in [4.78, 5) is 21.2. The Kier molecular flexibility index (Phi) is 6.77. The van der Waals surface area contributed by atoms with Gasteiger partial charge in [-0.2, -0.15) is 0 Å². The molecule has 32 heavy (non-hydrogen) atoms. The van der Waals surface area contributed by atoms with E-state index in [2.05, 4.69) is 15.3 Å². The molecule has 2 aromatic carbocycles. The average Bonchev–Trinajstić information content (AvgIpc) is 3.19. The van der Waals surface area contributed by atoms with E-state index in [4.69, 9.17) is 29.8 Å². The number of nitrogens with zero attached hydrogens (tertiary/aromatic N) is 4. The summed E-state index contributed by atoms with van der Waals surface area (Å²) in [6.45, 7) is 8.32. The number of nitrogens with one attached hydrogen (secondary N) is 1. The molecular weight excluding hydrogens is 449 g/mol. The van der Waals surface area contributed by atoms with Gasteiger partial charge in [-0.15, -0.1) is 0 Å². The molecule has 1 fully saturated rings. The Labute approximate surface area is 196 Å². The van der Waals surface area contributed by atoms with Crippen molar-refractivity contribution in [3.05, 3.63) is 75.3 Å². The summed E-state index contributed by atoms with van der Waals surface area (Å²) in [5.74, 6) is 0.00823. The minimum absolute atomic E-state index is 0.119. The van der Waals surface area contributed by atoms with E-state index in [0.717, 1.165) is 32.4 Å². The van der Waals surface area contributed by atoms with Crippen LogP contribution in [0.4, 0.5) is 5.69 Å². The van der Waals surface area contributed by atoms with Crippen LogP contribution in [0, 0.1) is 6.57 Å². The highest BCUT2D eigenvalue weighted by molar-refractivity contribution is 6.36. The number of hydrogen-bond donors (Lipinski definition) is 2. The van der Waals surface area contributed by atoms with Crippen LogP contribution in [0.25, 0.3) is 21.9 Å². The molecule has 9 heteroatoms. The Morgan fingerprint density at radius 2 is 1.84 bits per heavy atom. The van der Waals surface area contributed by atoms with Gasteiger partial charge in [0.25, 0.3) is 5.91 Å². The molecule has 0 aliphatic carbocycles. The zero-order valence-electron chi connectivity index (χ0n) is 17.2. The topological polar surface area (TPSA) is 74.8 Å². The number of carbonyl (C=O) groups is 1. The molecule has 1 aromatic heterocycles. The molecule has 2 heterocycles. The Bertz CT molecular complexity index is 1180. The number of piperidine rings is 1. The van der Waals surface area contributed by atoms with Crippen LogP contribution in [0.15, 0.2) is 42.5 Å². The van der Waals surface area contributed by atoms with E-state index in [1.54, 1.807) is 47.0 Å². The van der Waals surface area contributed by atoms with Crippen molar-refractivity contribution < 1.29 is 9.90 Å². The summed E-state index contributed by atoms with van der Waals surface area (Å²) >= 11 is 12.5. The summed E-state index contributed by atoms with van der Waals surface area (Å²) in [6.07, 6.45) is 3.17. The molecule has 0 unspecified atom stereocenters. The molecule has 1 amide bonds. The van der Waals surface area contributed by atoms with E-state index >= 15 is 0 Å². The van der Waals surface area contributed by atoms with Gasteiger partial charge in [0.1, 0.15) is 5.82 Å². The van der Waals surface area contributed by atoms with E-state index in [0.29, 0.717) is 38.5 Å². The van der Waals surface area contributed by atoms with Crippen molar-refractivity contribution in [3.8, 4) is 17.1 Å². The van der Waals surface area contributed by atoms with Gasteiger partial charge in [-0.05, 0) is 43.2 Å². The summed E-state index contributed by atoms with van der Waals surface area (Å²) < 4.78 is 1.69. The Hall–Kier alpha value is -2.89. The van der Waals surface area contributed by atoms with Crippen LogP contribution in [0.3, 0.4) is 0 Å². The zero-order chi connectivity index (χ0) is 22.7. The van der Waals surface area contributed by atoms with Crippen LogP contribution in [0.1, 0.15) is 35.4 Å². The zero-order valence-corrected chi connectivity index (χ0v) is 18.7. The number of benzene rings is 2. The van der Waals surface area contributed by atoms with Gasteiger partial charge >= 0.3 is 0 Å². The molecule has 0 bridgehead atoms. The van der Waals surface area contributed by atoms with Gasteiger partial charge in [0, 0.05) is 29.4 Å². The molecule has 3 aromatic rings. The van der Waals surface area contributed by atoms with Crippen LogP contribution in [-0.4, -0.2) is 38.7 Å². The first kappa shape index (κ1) is 22.3. The lowest BCUT2D eigenvalue weighted by Gasteiger charge is -2.26. The SMILES string of the molecule is [C-]#[N+]c1ccc(-n2c(-c3ccc(Cl)cc3Cl)nc(C(=O)NN3CCCCC3)c2CO)cc1. The number of carbonyl (C=O) groups excluding carboxylic acids is 1. The second kappa shape index (κ2) is 9.72. The second-order valence-electron chi connectivity index (χ2n) is 7.47. The number of aliphatic hydroxyl groups is 1. The normalized spacial score (nSPS) is 14.2. The number of rotatable bonds is 5. The monoisotopic (exact) mass is 469 g/mol. The summed E-state index contributed by atoms with van der Waals surface area (Å²) in [5.41, 5.74) is 5.05. The summed E-state index contributed by atoms with van der Waals surface area (Å²) in [6, 6.07) is 11.8. The third-order valence-electron chi connectivity index (χ3n) is 5.36. The fourth-order valence-electron chi connectivity index (χ4n) is 3.79. The Balaban J connectivity index is 1.85. The largest absolute Gasteiger partial charge is 0.390 e. The lowest BCUT2D eigenvalue weighted by molar-refractivity contribution is 0.0742. The molecule has 1 aliphatic heterocycles. The number of aliphatic hydroxyl groups excluding tert-OH is 1. The van der Waals surface area contributed by atoms with E-state index in [-0.39, 0.29) is 11.6 Å². The molecule has 4 rings (SSSR count). The molecular formula is C23H21Cl2N5O2. The maximum absolute atomic E-state index is 13.1. The molecule has 2 N–H and O–H groups in total. The van der Waals surface area contributed by atoms with Crippen molar-refractivity contribution in [3.63, 3.8) is 0 Å². The fourth-order valence-corrected chi connectivity index (χ4v) is 4.28. The number of aromatic nitrogens is 2. The molecule has 164 valence electrons. The predicted molar refractivity (Wildman–Crippen MR) is 124 cm³/mol. The number of hydrazine groups is 1. The highest BCUT2D eigenvalue weighted by atomic mass is 35.5. The molecule has 0 radical (unpaired) electrons. The molecule has 0 atom stereocenters. The summed E-state index contributed by atoms with van der Waals surface area (Å²) in [7, 11) is 0. The maximum atomic E-state index is 13.1. The number of hydrogen-bond acceptors (Lipinski definition) is 4. The van der Waals surface area contributed by atoms with Crippen molar-refractivity contribution in [2.75, 3.05) is 13.1 Å². The standard InChI is InChI=1S/C23H21Cl2N5O2/c1-26-16-6-8-17(9-7-16)30-20(14-31)21(23(32)28-29-11-3-2-4-12-29)27-22(30)18-10-5-15(24)13-19(18)25/h5-10,13,31H,2-4,11-12,14H2,(H,28,32). The first-order valence-corrected chi connectivity index (χ1v) is 11.0. The number of imidazole rings is 1. The van der Waals surface area contributed by atoms with Crippen LogP contribution < -0.4 is 5.43 Å². The molecule has 0 spiro atoms. The van der Waals surface area contributed by atoms with Crippen LogP contribution in [0.5, 0.6) is 0 Å². The second-order valence-corrected chi connectivity index (χ2v) is 8.31. The lowest BCUT2D eigenvalue weighted by atomic mass is 10.2. The van der Waals surface area contributed by atoms with Gasteiger partial charge in [-0.3, -0.25) is 14.8 Å². The third kappa shape index (κ3) is 4.50. The van der Waals surface area contributed by atoms with Crippen molar-refractivity contribution in [2.24, 2.45) is 0 Å². The van der Waals surface area contributed by atoms with Crippen molar-refractivity contribution in [2.45, 2.75) is 25.9 Å². The van der Waals surface area contributed by atoms with Gasteiger partial charge in [0.15, 0.2) is 11.4 Å². The first-order valence-electron chi connectivity index (χ1n) is 10.2. The number of halogens is 2. The highest BCUT2D eigenvalue weighted by Gasteiger charge is 2.26. The Morgan fingerprint density at radius 1 is 1.12 bits per heavy atom.